The second kappa shape index (κ2) is 3.16. The van der Waals surface area contributed by atoms with Gasteiger partial charge in [0.2, 0.25) is 0 Å². The summed E-state index contributed by atoms with van der Waals surface area (Å²) in [4.78, 5) is 11.0. The van der Waals surface area contributed by atoms with Gasteiger partial charge in [-0.2, -0.15) is 0 Å². The third-order valence-electron chi connectivity index (χ3n) is 1.52. The van der Waals surface area contributed by atoms with Crippen molar-refractivity contribution in [1.29, 1.82) is 0 Å². The van der Waals surface area contributed by atoms with Gasteiger partial charge < -0.3 is 0 Å². The van der Waals surface area contributed by atoms with Gasteiger partial charge in [-0.25, -0.2) is 5.84 Å². The Morgan fingerprint density at radius 3 is 3.00 bits per heavy atom. The van der Waals surface area contributed by atoms with E-state index < -0.39 is 0 Å². The first-order valence-electron chi connectivity index (χ1n) is 3.31. The lowest BCUT2D eigenvalue weighted by Gasteiger charge is -2.09. The van der Waals surface area contributed by atoms with E-state index in [2.05, 4.69) is 12.0 Å². The number of nitrogens with two attached hydrogens (primary N) is 1. The molecule has 11 heavy (non-hydrogen) atoms. The Morgan fingerprint density at radius 1 is 1.73 bits per heavy atom. The van der Waals surface area contributed by atoms with Gasteiger partial charge in [0.15, 0.2) is 0 Å². The minimum Gasteiger partial charge on any atom is -0.290 e. The molecular formula is C8H10N2O. The molecule has 3 N–H and O–H groups in total. The smallest absolute Gasteiger partial charge is 0.265 e. The average Bonchev–Trinajstić information content (AvgIpc) is 2.04. The molecule has 0 heterocycles. The summed E-state index contributed by atoms with van der Waals surface area (Å²) in [7, 11) is 0. The fourth-order valence-corrected chi connectivity index (χ4v) is 0.916. The summed E-state index contributed by atoms with van der Waals surface area (Å²) in [6.07, 6.45) is 6.18. The largest absolute Gasteiger partial charge is 0.290 e. The number of allylic oxidation sites excluding steroid dienone is 3. The van der Waals surface area contributed by atoms with Gasteiger partial charge in [-0.1, -0.05) is 18.7 Å². The van der Waals surface area contributed by atoms with Crippen LogP contribution in [0.25, 0.3) is 0 Å². The van der Waals surface area contributed by atoms with E-state index in [1.807, 2.05) is 12.2 Å². The highest BCUT2D eigenvalue weighted by Gasteiger charge is 2.11. The zero-order valence-corrected chi connectivity index (χ0v) is 6.13. The number of hydrazine groups is 1. The third kappa shape index (κ3) is 1.56. The maximum Gasteiger partial charge on any atom is 0.265 e. The molecule has 0 aromatic rings. The van der Waals surface area contributed by atoms with Crippen molar-refractivity contribution in [3.05, 3.63) is 36.0 Å². The molecule has 58 valence electrons. The maximum atomic E-state index is 11.0. The van der Waals surface area contributed by atoms with Gasteiger partial charge in [0.25, 0.3) is 5.91 Å². The minimum atomic E-state index is -0.278. The standard InChI is InChI=1S/C8H10N2O/c1-6-4-2-3-5-7(6)8(11)10-9/h2-3,5H,1,4,9H2,(H,10,11). The molecule has 0 aliphatic heterocycles. The van der Waals surface area contributed by atoms with Gasteiger partial charge in [-0.15, -0.1) is 0 Å². The Hall–Kier alpha value is -1.35. The third-order valence-corrected chi connectivity index (χ3v) is 1.52. The number of hydrogen-bond donors (Lipinski definition) is 2. The molecule has 0 bridgehead atoms. The zero-order chi connectivity index (χ0) is 8.27. The van der Waals surface area contributed by atoms with Crippen LogP contribution < -0.4 is 11.3 Å². The predicted molar refractivity (Wildman–Crippen MR) is 43.3 cm³/mol. The minimum absolute atomic E-state index is 0.278. The van der Waals surface area contributed by atoms with Crippen molar-refractivity contribution in [2.75, 3.05) is 0 Å². The van der Waals surface area contributed by atoms with Crippen LogP contribution in [-0.2, 0) is 4.79 Å². The summed E-state index contributed by atoms with van der Waals surface area (Å²) in [6, 6.07) is 0. The van der Waals surface area contributed by atoms with E-state index in [1.165, 1.54) is 0 Å². The van der Waals surface area contributed by atoms with Crippen LogP contribution in [0.4, 0.5) is 0 Å². The summed E-state index contributed by atoms with van der Waals surface area (Å²) < 4.78 is 0. The SMILES string of the molecule is C=C1CC=CC=C1C(=O)NN. The van der Waals surface area contributed by atoms with Crippen LogP contribution >= 0.6 is 0 Å². The van der Waals surface area contributed by atoms with Crippen molar-refractivity contribution in [2.24, 2.45) is 5.84 Å². The maximum absolute atomic E-state index is 11.0. The number of carbonyl (C=O) groups excluding carboxylic acids is 1. The van der Waals surface area contributed by atoms with E-state index >= 15 is 0 Å². The molecule has 0 saturated carbocycles. The first-order valence-corrected chi connectivity index (χ1v) is 3.31. The monoisotopic (exact) mass is 150 g/mol. The van der Waals surface area contributed by atoms with Gasteiger partial charge in [-0.05, 0) is 18.1 Å². The van der Waals surface area contributed by atoms with Gasteiger partial charge in [0, 0.05) is 5.57 Å². The summed E-state index contributed by atoms with van der Waals surface area (Å²) in [5, 5.41) is 0. The Kier molecular flexibility index (Phi) is 2.23. The van der Waals surface area contributed by atoms with Crippen molar-refractivity contribution in [3.63, 3.8) is 0 Å². The van der Waals surface area contributed by atoms with Crippen molar-refractivity contribution in [2.45, 2.75) is 6.42 Å². The van der Waals surface area contributed by atoms with Gasteiger partial charge in [0.1, 0.15) is 0 Å². The molecule has 0 atom stereocenters. The second-order valence-electron chi connectivity index (χ2n) is 2.29. The highest BCUT2D eigenvalue weighted by Crippen LogP contribution is 2.16. The molecule has 0 saturated heterocycles. The number of carbonyl (C=O) groups is 1. The van der Waals surface area contributed by atoms with Crippen molar-refractivity contribution < 1.29 is 4.79 Å². The Labute approximate surface area is 65.2 Å². The average molecular weight is 150 g/mol. The summed E-state index contributed by atoms with van der Waals surface area (Å²) in [5.41, 5.74) is 3.43. The molecule has 0 spiro atoms. The fraction of sp³-hybridized carbons (Fsp3) is 0.125. The van der Waals surface area contributed by atoms with Crippen molar-refractivity contribution in [3.8, 4) is 0 Å². The number of amides is 1. The molecule has 0 radical (unpaired) electrons. The highest BCUT2D eigenvalue weighted by atomic mass is 16.2. The number of hydrogen-bond acceptors (Lipinski definition) is 2. The molecule has 0 aromatic heterocycles. The number of rotatable bonds is 1. The van der Waals surface area contributed by atoms with Crippen LogP contribution in [0.1, 0.15) is 6.42 Å². The van der Waals surface area contributed by atoms with Crippen LogP contribution in [0.5, 0.6) is 0 Å². The quantitative estimate of drug-likeness (QED) is 0.323. The van der Waals surface area contributed by atoms with Gasteiger partial charge in [0.05, 0.1) is 0 Å². The van der Waals surface area contributed by atoms with Gasteiger partial charge in [-0.3, -0.25) is 10.2 Å². The molecule has 0 aromatic carbocycles. The Balaban J connectivity index is 2.84. The zero-order valence-electron chi connectivity index (χ0n) is 6.13. The first-order chi connectivity index (χ1) is 5.25. The normalized spacial score (nSPS) is 16.1. The van der Waals surface area contributed by atoms with Crippen molar-refractivity contribution >= 4 is 5.91 Å². The van der Waals surface area contributed by atoms with E-state index in [4.69, 9.17) is 5.84 Å². The van der Waals surface area contributed by atoms with E-state index in [-0.39, 0.29) is 5.91 Å². The molecule has 0 unspecified atom stereocenters. The summed E-state index contributed by atoms with van der Waals surface area (Å²) in [6.45, 7) is 3.73. The lowest BCUT2D eigenvalue weighted by Crippen LogP contribution is -2.32. The Morgan fingerprint density at radius 2 is 2.45 bits per heavy atom. The molecular weight excluding hydrogens is 140 g/mol. The summed E-state index contributed by atoms with van der Waals surface area (Å²) >= 11 is 0. The summed E-state index contributed by atoms with van der Waals surface area (Å²) in [5.74, 6) is 4.68. The van der Waals surface area contributed by atoms with Crippen LogP contribution in [0, 0.1) is 0 Å². The predicted octanol–water partition coefficient (Wildman–Crippen LogP) is 0.419. The first kappa shape index (κ1) is 7.75. The van der Waals surface area contributed by atoms with Crippen LogP contribution in [0.3, 0.4) is 0 Å². The van der Waals surface area contributed by atoms with Crippen LogP contribution in [0.15, 0.2) is 36.0 Å². The van der Waals surface area contributed by atoms with Crippen molar-refractivity contribution in [1.82, 2.24) is 5.43 Å². The van der Waals surface area contributed by atoms with Gasteiger partial charge >= 0.3 is 0 Å². The molecule has 1 amide bonds. The lowest BCUT2D eigenvalue weighted by molar-refractivity contribution is -0.117. The molecule has 1 aliphatic rings. The van der Waals surface area contributed by atoms with E-state index in [0.29, 0.717) is 5.57 Å². The van der Waals surface area contributed by atoms with Crippen LogP contribution in [0.2, 0.25) is 0 Å². The molecule has 1 aliphatic carbocycles. The van der Waals surface area contributed by atoms with E-state index in [1.54, 1.807) is 6.08 Å². The molecule has 1 rings (SSSR count). The van der Waals surface area contributed by atoms with E-state index in [9.17, 15) is 4.79 Å². The molecule has 3 nitrogen and oxygen atoms in total. The van der Waals surface area contributed by atoms with Crippen LogP contribution in [-0.4, -0.2) is 5.91 Å². The lowest BCUT2D eigenvalue weighted by atomic mass is 9.99. The number of nitrogens with one attached hydrogen (secondary N) is 1. The second-order valence-corrected chi connectivity index (χ2v) is 2.29. The molecule has 0 fully saturated rings. The topological polar surface area (TPSA) is 55.1 Å². The van der Waals surface area contributed by atoms with E-state index in [0.717, 1.165) is 12.0 Å². The Bertz CT molecular complexity index is 251. The fourth-order valence-electron chi connectivity index (χ4n) is 0.916. The highest BCUT2D eigenvalue weighted by molar-refractivity contribution is 5.97. The molecule has 3 heteroatoms.